The smallest absolute Gasteiger partial charge is 0.362 e. The molecule has 0 aliphatic rings. The molecule has 0 fully saturated rings. The van der Waals surface area contributed by atoms with Crippen molar-refractivity contribution in [2.75, 3.05) is 41.0 Å². The molecule has 0 saturated heterocycles. The van der Waals surface area contributed by atoms with Crippen molar-refractivity contribution in [2.45, 2.75) is 174 Å². The summed E-state index contributed by atoms with van der Waals surface area (Å²) in [6.45, 7) is 4.39. The average molecular weight is 967 g/mol. The minimum Gasteiger partial charge on any atom is -0.477 e. The molecule has 0 saturated carbocycles. The lowest BCUT2D eigenvalue weighted by molar-refractivity contribution is -0.887. The number of ether oxygens (including phenoxy) is 3. The zero-order valence-corrected chi connectivity index (χ0v) is 44.4. The van der Waals surface area contributed by atoms with E-state index in [1.165, 1.54) is 0 Å². The van der Waals surface area contributed by atoms with Crippen LogP contribution in [-0.2, 0) is 28.6 Å². The molecule has 8 heteroatoms. The van der Waals surface area contributed by atoms with E-state index in [2.05, 4.69) is 172 Å². The fourth-order valence-electron chi connectivity index (χ4n) is 6.67. The molecule has 70 heavy (non-hydrogen) atoms. The standard InChI is InChI=1S/C62H95NO7/c1-6-8-10-12-14-16-18-20-22-24-26-28-30-32-34-36-38-40-42-44-46-48-50-52-60(64)69-57-58(56-68-55-54-59(62(66)67)63(3,4)5)70-61(65)53-51-49-47-45-43-41-39-37-35-33-31-29-27-25-23-21-19-17-15-13-11-9-7-2/h8-11,14-17,20-23,26-29,32-35,38-41,45,47,58-59H,6-7,12-13,18-19,24-25,30-31,36-37,42-44,46,48-57H2,1-5H3/p+1/b10-8+,11-9+,16-14+,17-15+,22-20+,23-21+,28-26+,29-27+,34-32+,35-33+,40-38+,41-39+,47-45+. The van der Waals surface area contributed by atoms with E-state index in [1.807, 2.05) is 21.1 Å². The van der Waals surface area contributed by atoms with Crippen molar-refractivity contribution >= 4 is 17.9 Å². The van der Waals surface area contributed by atoms with Crippen LogP contribution in [0, 0.1) is 0 Å². The van der Waals surface area contributed by atoms with Crippen LogP contribution in [0.15, 0.2) is 158 Å². The number of quaternary nitrogens is 1. The van der Waals surface area contributed by atoms with Crippen molar-refractivity contribution in [2.24, 2.45) is 0 Å². The van der Waals surface area contributed by atoms with Gasteiger partial charge in [0.05, 0.1) is 34.4 Å². The predicted octanol–water partition coefficient (Wildman–Crippen LogP) is 15.9. The van der Waals surface area contributed by atoms with Gasteiger partial charge in [-0.3, -0.25) is 9.59 Å². The molecule has 0 amide bonds. The van der Waals surface area contributed by atoms with Crippen LogP contribution in [0.2, 0.25) is 0 Å². The number of esters is 2. The molecule has 0 rings (SSSR count). The molecule has 0 aliphatic carbocycles. The maximum atomic E-state index is 12.8. The first kappa shape index (κ1) is 65.0. The number of allylic oxidation sites excluding steroid dienone is 26. The molecule has 8 nitrogen and oxygen atoms in total. The van der Waals surface area contributed by atoms with Crippen molar-refractivity contribution in [1.82, 2.24) is 0 Å². The number of hydrogen-bond donors (Lipinski definition) is 1. The van der Waals surface area contributed by atoms with Gasteiger partial charge in [-0.15, -0.1) is 0 Å². The lowest BCUT2D eigenvalue weighted by atomic mass is 10.1. The molecule has 0 aliphatic heterocycles. The van der Waals surface area contributed by atoms with Gasteiger partial charge in [-0.05, 0) is 116 Å². The lowest BCUT2D eigenvalue weighted by Crippen LogP contribution is -2.50. The van der Waals surface area contributed by atoms with Crippen LogP contribution in [0.5, 0.6) is 0 Å². The van der Waals surface area contributed by atoms with Crippen LogP contribution in [0.3, 0.4) is 0 Å². The summed E-state index contributed by atoms with van der Waals surface area (Å²) >= 11 is 0. The third-order valence-electron chi connectivity index (χ3n) is 10.7. The Morgan fingerprint density at radius 3 is 1.14 bits per heavy atom. The zero-order valence-electron chi connectivity index (χ0n) is 44.4. The van der Waals surface area contributed by atoms with Crippen LogP contribution in [0.1, 0.15) is 162 Å². The van der Waals surface area contributed by atoms with Crippen LogP contribution < -0.4 is 0 Å². The highest BCUT2D eigenvalue weighted by Gasteiger charge is 2.31. The maximum absolute atomic E-state index is 12.8. The van der Waals surface area contributed by atoms with E-state index in [9.17, 15) is 19.5 Å². The summed E-state index contributed by atoms with van der Waals surface area (Å²) < 4.78 is 17.3. The Labute approximate surface area is 427 Å². The first-order valence-electron chi connectivity index (χ1n) is 26.5. The number of nitrogens with zero attached hydrogens (tertiary/aromatic N) is 1. The third-order valence-corrected chi connectivity index (χ3v) is 10.7. The molecule has 2 atom stereocenters. The monoisotopic (exact) mass is 967 g/mol. The highest BCUT2D eigenvalue weighted by Crippen LogP contribution is 2.12. The van der Waals surface area contributed by atoms with E-state index in [-0.39, 0.29) is 42.7 Å². The van der Waals surface area contributed by atoms with Crippen LogP contribution in [0.4, 0.5) is 0 Å². The van der Waals surface area contributed by atoms with Crippen LogP contribution >= 0.6 is 0 Å². The molecule has 0 aromatic rings. The Morgan fingerprint density at radius 2 is 0.771 bits per heavy atom. The number of unbranched alkanes of at least 4 members (excludes halogenated alkanes) is 5. The molecule has 0 spiro atoms. The normalized spacial score (nSPS) is 14.1. The number of carboxylic acid groups (broad SMARTS) is 1. The number of carboxylic acids is 1. The van der Waals surface area contributed by atoms with Crippen molar-refractivity contribution in [1.29, 1.82) is 0 Å². The van der Waals surface area contributed by atoms with Crippen molar-refractivity contribution in [3.63, 3.8) is 0 Å². The van der Waals surface area contributed by atoms with Gasteiger partial charge < -0.3 is 23.8 Å². The quantitative estimate of drug-likeness (QED) is 0.0281. The summed E-state index contributed by atoms with van der Waals surface area (Å²) in [5, 5.41) is 9.67. The van der Waals surface area contributed by atoms with Crippen molar-refractivity contribution < 1.29 is 38.2 Å². The number of hydrogen-bond acceptors (Lipinski definition) is 6. The number of aliphatic carboxylic acids is 1. The molecule has 0 aromatic heterocycles. The van der Waals surface area contributed by atoms with Gasteiger partial charge in [0, 0.05) is 19.3 Å². The molecule has 1 N–H and O–H groups in total. The zero-order chi connectivity index (χ0) is 51.3. The number of likely N-dealkylation sites (N-methyl/N-ethyl adjacent to an activating group) is 1. The highest BCUT2D eigenvalue weighted by molar-refractivity contribution is 5.72. The Hall–Kier alpha value is -5.05. The van der Waals surface area contributed by atoms with Gasteiger partial charge in [0.15, 0.2) is 12.1 Å². The summed E-state index contributed by atoms with van der Waals surface area (Å²) in [5.41, 5.74) is 0. The maximum Gasteiger partial charge on any atom is 0.362 e. The second-order valence-corrected chi connectivity index (χ2v) is 18.0. The second-order valence-electron chi connectivity index (χ2n) is 18.0. The molecule has 2 unspecified atom stereocenters. The Balaban J connectivity index is 4.44. The van der Waals surface area contributed by atoms with E-state index < -0.39 is 18.1 Å². The number of carbonyl (C=O) groups is 3. The van der Waals surface area contributed by atoms with Crippen LogP contribution in [0.25, 0.3) is 0 Å². The van der Waals surface area contributed by atoms with Gasteiger partial charge in [-0.1, -0.05) is 185 Å². The summed E-state index contributed by atoms with van der Waals surface area (Å²) in [4.78, 5) is 37.2. The fourth-order valence-corrected chi connectivity index (χ4v) is 6.67. The average Bonchev–Trinajstić information content (AvgIpc) is 3.33. The highest BCUT2D eigenvalue weighted by atomic mass is 16.6. The topological polar surface area (TPSA) is 99.1 Å². The summed E-state index contributed by atoms with van der Waals surface area (Å²) in [5.74, 6) is -1.60. The summed E-state index contributed by atoms with van der Waals surface area (Å²) in [6.07, 6.45) is 75.9. The van der Waals surface area contributed by atoms with Gasteiger partial charge in [-0.2, -0.15) is 0 Å². The second kappa shape index (κ2) is 50.3. The third kappa shape index (κ3) is 48.0. The molecule has 0 bridgehead atoms. The summed E-state index contributed by atoms with van der Waals surface area (Å²) in [7, 11) is 5.49. The molecule has 0 aromatic carbocycles. The van der Waals surface area contributed by atoms with Gasteiger partial charge in [0.2, 0.25) is 0 Å². The predicted molar refractivity (Wildman–Crippen MR) is 297 cm³/mol. The molecular formula is C62H96NO7+. The molecular weight excluding hydrogens is 871 g/mol. The first-order chi connectivity index (χ1) is 34.1. The van der Waals surface area contributed by atoms with E-state index in [1.54, 1.807) is 0 Å². The Morgan fingerprint density at radius 1 is 0.429 bits per heavy atom. The van der Waals surface area contributed by atoms with E-state index in [0.717, 1.165) is 122 Å². The SMILES string of the molecule is CC/C=C/C/C=C/C/C=C/C/C=C/C/C=C/C/C=C/C/C=C/CCCC(=O)OC(COCCC(C(=O)O)[N+](C)(C)C)COC(=O)CCCCCC/C=C/C/C=C/C/C=C/C/C=C/C/C=C/C/C=C/CC. The largest absolute Gasteiger partial charge is 0.477 e. The number of rotatable bonds is 45. The summed E-state index contributed by atoms with van der Waals surface area (Å²) in [6, 6.07) is -0.642. The molecule has 0 heterocycles. The molecule has 0 radical (unpaired) electrons. The van der Waals surface area contributed by atoms with E-state index in [4.69, 9.17) is 14.2 Å². The number of carbonyl (C=O) groups excluding carboxylic acids is 2. The van der Waals surface area contributed by atoms with Gasteiger partial charge in [0.25, 0.3) is 0 Å². The van der Waals surface area contributed by atoms with Crippen LogP contribution in [-0.4, -0.2) is 80.6 Å². The van der Waals surface area contributed by atoms with E-state index >= 15 is 0 Å². The minimum absolute atomic E-state index is 0.0168. The first-order valence-corrected chi connectivity index (χ1v) is 26.5. The van der Waals surface area contributed by atoms with Crippen molar-refractivity contribution in [3.8, 4) is 0 Å². The Kier molecular flexibility index (Phi) is 46.7. The Bertz CT molecular complexity index is 1690. The van der Waals surface area contributed by atoms with Gasteiger partial charge >= 0.3 is 17.9 Å². The van der Waals surface area contributed by atoms with E-state index in [0.29, 0.717) is 19.3 Å². The van der Waals surface area contributed by atoms with Gasteiger partial charge in [0.1, 0.15) is 6.61 Å². The van der Waals surface area contributed by atoms with Gasteiger partial charge in [-0.25, -0.2) is 4.79 Å². The van der Waals surface area contributed by atoms with Crippen molar-refractivity contribution in [3.05, 3.63) is 158 Å². The minimum atomic E-state index is -0.895. The fraction of sp³-hybridized carbons (Fsp3) is 0.532. The lowest BCUT2D eigenvalue weighted by Gasteiger charge is -2.31. The molecule has 390 valence electrons.